The molecule has 5 heteroatoms. The molecule has 0 atom stereocenters. The summed E-state index contributed by atoms with van der Waals surface area (Å²) in [6, 6.07) is 5.16. The summed E-state index contributed by atoms with van der Waals surface area (Å²) in [5.74, 6) is 1.17. The first-order valence-electron chi connectivity index (χ1n) is 6.84. The average Bonchev–Trinajstić information content (AvgIpc) is 2.40. The number of methoxy groups -OCH3 is 1. The van der Waals surface area contributed by atoms with Crippen LogP contribution in [0.4, 0.5) is 11.4 Å². The minimum atomic E-state index is -0.105. The number of nitrogens with one attached hydrogen (secondary N) is 1. The summed E-state index contributed by atoms with van der Waals surface area (Å²) in [6.07, 6.45) is 1.33. The number of anilines is 2. The molecule has 1 rings (SSSR count). The Bertz CT molecular complexity index is 433. The second kappa shape index (κ2) is 8.43. The number of hydrogen-bond donors (Lipinski definition) is 2. The minimum Gasteiger partial charge on any atom is -0.497 e. The van der Waals surface area contributed by atoms with Crippen molar-refractivity contribution in [3.8, 4) is 5.75 Å². The molecule has 0 aromatic heterocycles. The van der Waals surface area contributed by atoms with E-state index < -0.39 is 0 Å². The van der Waals surface area contributed by atoms with Crippen LogP contribution in [-0.2, 0) is 9.53 Å². The fourth-order valence-electron chi connectivity index (χ4n) is 1.58. The molecule has 1 amide bonds. The van der Waals surface area contributed by atoms with Crippen LogP contribution in [0, 0.1) is 5.92 Å². The van der Waals surface area contributed by atoms with E-state index >= 15 is 0 Å². The average molecular weight is 280 g/mol. The van der Waals surface area contributed by atoms with Gasteiger partial charge >= 0.3 is 0 Å². The molecule has 3 N–H and O–H groups in total. The standard InChI is InChI=1S/C15H24N2O3/c1-11(2)6-8-20-9-7-15(18)17-14-5-4-12(19-3)10-13(14)16/h4-5,10-11H,6-9,16H2,1-3H3,(H,17,18). The van der Waals surface area contributed by atoms with E-state index in [-0.39, 0.29) is 5.91 Å². The van der Waals surface area contributed by atoms with Crippen LogP contribution in [0.2, 0.25) is 0 Å². The molecule has 1 aromatic rings. The van der Waals surface area contributed by atoms with Crippen LogP contribution < -0.4 is 15.8 Å². The fraction of sp³-hybridized carbons (Fsp3) is 0.533. The van der Waals surface area contributed by atoms with Gasteiger partial charge in [0.05, 0.1) is 31.5 Å². The van der Waals surface area contributed by atoms with Crippen molar-refractivity contribution >= 4 is 17.3 Å². The maximum atomic E-state index is 11.7. The zero-order valence-electron chi connectivity index (χ0n) is 12.4. The number of nitrogens with two attached hydrogens (primary N) is 1. The van der Waals surface area contributed by atoms with Crippen LogP contribution in [-0.4, -0.2) is 26.2 Å². The van der Waals surface area contributed by atoms with Gasteiger partial charge < -0.3 is 20.5 Å². The lowest BCUT2D eigenvalue weighted by molar-refractivity contribution is -0.117. The molecule has 0 bridgehead atoms. The van der Waals surface area contributed by atoms with Gasteiger partial charge in [-0.25, -0.2) is 0 Å². The van der Waals surface area contributed by atoms with E-state index in [2.05, 4.69) is 19.2 Å². The molecular weight excluding hydrogens is 256 g/mol. The van der Waals surface area contributed by atoms with Crippen molar-refractivity contribution < 1.29 is 14.3 Å². The molecule has 5 nitrogen and oxygen atoms in total. The molecule has 0 unspecified atom stereocenters. The molecule has 0 radical (unpaired) electrons. The lowest BCUT2D eigenvalue weighted by Gasteiger charge is -2.10. The molecule has 0 spiro atoms. The van der Waals surface area contributed by atoms with Crippen molar-refractivity contribution in [1.29, 1.82) is 0 Å². The molecule has 20 heavy (non-hydrogen) atoms. The van der Waals surface area contributed by atoms with E-state index in [0.29, 0.717) is 42.7 Å². The maximum absolute atomic E-state index is 11.7. The molecule has 0 saturated carbocycles. The number of rotatable bonds is 8. The van der Waals surface area contributed by atoms with Crippen molar-refractivity contribution in [1.82, 2.24) is 0 Å². The summed E-state index contributed by atoms with van der Waals surface area (Å²) < 4.78 is 10.5. The Morgan fingerprint density at radius 2 is 2.10 bits per heavy atom. The van der Waals surface area contributed by atoms with Gasteiger partial charge in [0.25, 0.3) is 0 Å². The first kappa shape index (κ1) is 16.3. The number of ether oxygens (including phenoxy) is 2. The monoisotopic (exact) mass is 280 g/mol. The number of hydrogen-bond acceptors (Lipinski definition) is 4. The number of benzene rings is 1. The van der Waals surface area contributed by atoms with Crippen LogP contribution in [0.15, 0.2) is 18.2 Å². The van der Waals surface area contributed by atoms with Crippen LogP contribution >= 0.6 is 0 Å². The number of nitrogen functional groups attached to an aromatic ring is 1. The van der Waals surface area contributed by atoms with Gasteiger partial charge in [0.15, 0.2) is 0 Å². The topological polar surface area (TPSA) is 73.6 Å². The van der Waals surface area contributed by atoms with E-state index in [1.807, 2.05) is 0 Å². The Morgan fingerprint density at radius 3 is 2.70 bits per heavy atom. The molecule has 0 aliphatic rings. The van der Waals surface area contributed by atoms with Crippen molar-refractivity contribution in [2.24, 2.45) is 5.92 Å². The number of carbonyl (C=O) groups excluding carboxylic acids is 1. The molecule has 0 aliphatic carbocycles. The van der Waals surface area contributed by atoms with Crippen LogP contribution in [0.25, 0.3) is 0 Å². The molecule has 1 aromatic carbocycles. The van der Waals surface area contributed by atoms with Crippen molar-refractivity contribution in [2.45, 2.75) is 26.7 Å². The Labute approximate surface area is 120 Å². The molecule has 0 heterocycles. The quantitative estimate of drug-likeness (QED) is 0.567. The van der Waals surface area contributed by atoms with Gasteiger partial charge in [-0.2, -0.15) is 0 Å². The minimum absolute atomic E-state index is 0.105. The van der Waals surface area contributed by atoms with Crippen molar-refractivity contribution in [3.63, 3.8) is 0 Å². The third kappa shape index (κ3) is 5.93. The highest BCUT2D eigenvalue weighted by Gasteiger charge is 2.06. The van der Waals surface area contributed by atoms with Gasteiger partial charge in [0.2, 0.25) is 5.91 Å². The zero-order chi connectivity index (χ0) is 15.0. The van der Waals surface area contributed by atoms with Gasteiger partial charge in [-0.05, 0) is 24.5 Å². The van der Waals surface area contributed by atoms with Gasteiger partial charge in [0, 0.05) is 12.7 Å². The molecule has 0 aliphatic heterocycles. The normalized spacial score (nSPS) is 10.6. The lowest BCUT2D eigenvalue weighted by Crippen LogP contribution is -2.15. The predicted molar refractivity (Wildman–Crippen MR) is 80.9 cm³/mol. The summed E-state index contributed by atoms with van der Waals surface area (Å²) in [5.41, 5.74) is 6.91. The third-order valence-corrected chi connectivity index (χ3v) is 2.85. The number of carbonyl (C=O) groups is 1. The SMILES string of the molecule is COc1ccc(NC(=O)CCOCCC(C)C)c(N)c1. The Balaban J connectivity index is 2.32. The van der Waals surface area contributed by atoms with Crippen molar-refractivity contribution in [2.75, 3.05) is 31.4 Å². The highest BCUT2D eigenvalue weighted by molar-refractivity contribution is 5.94. The van der Waals surface area contributed by atoms with E-state index in [1.54, 1.807) is 25.3 Å². The highest BCUT2D eigenvalue weighted by atomic mass is 16.5. The first-order valence-corrected chi connectivity index (χ1v) is 6.84. The van der Waals surface area contributed by atoms with Crippen LogP contribution in [0.3, 0.4) is 0 Å². The van der Waals surface area contributed by atoms with E-state index in [1.165, 1.54) is 0 Å². The summed E-state index contributed by atoms with van der Waals surface area (Å²) in [6.45, 7) is 5.40. The Kier molecular flexibility index (Phi) is 6.87. The van der Waals surface area contributed by atoms with E-state index in [0.717, 1.165) is 6.42 Å². The van der Waals surface area contributed by atoms with E-state index in [4.69, 9.17) is 15.2 Å². The molecular formula is C15H24N2O3. The second-order valence-corrected chi connectivity index (χ2v) is 5.05. The highest BCUT2D eigenvalue weighted by Crippen LogP contribution is 2.24. The third-order valence-electron chi connectivity index (χ3n) is 2.85. The second-order valence-electron chi connectivity index (χ2n) is 5.05. The Hall–Kier alpha value is -1.75. The number of amides is 1. The van der Waals surface area contributed by atoms with Gasteiger partial charge in [0.1, 0.15) is 5.75 Å². The van der Waals surface area contributed by atoms with Gasteiger partial charge in [-0.3, -0.25) is 4.79 Å². The fourth-order valence-corrected chi connectivity index (χ4v) is 1.58. The summed E-state index contributed by atoms with van der Waals surface area (Å²) in [4.78, 5) is 11.7. The summed E-state index contributed by atoms with van der Waals surface area (Å²) in [7, 11) is 1.57. The summed E-state index contributed by atoms with van der Waals surface area (Å²) >= 11 is 0. The van der Waals surface area contributed by atoms with Crippen LogP contribution in [0.1, 0.15) is 26.7 Å². The molecule has 0 fully saturated rings. The van der Waals surface area contributed by atoms with Gasteiger partial charge in [-0.15, -0.1) is 0 Å². The zero-order valence-corrected chi connectivity index (χ0v) is 12.4. The van der Waals surface area contributed by atoms with Crippen LogP contribution in [0.5, 0.6) is 5.75 Å². The van der Waals surface area contributed by atoms with Gasteiger partial charge in [-0.1, -0.05) is 13.8 Å². The predicted octanol–water partition coefficient (Wildman–Crippen LogP) is 2.67. The molecule has 112 valence electrons. The largest absolute Gasteiger partial charge is 0.497 e. The van der Waals surface area contributed by atoms with E-state index in [9.17, 15) is 4.79 Å². The van der Waals surface area contributed by atoms with Crippen molar-refractivity contribution in [3.05, 3.63) is 18.2 Å². The summed E-state index contributed by atoms with van der Waals surface area (Å²) in [5, 5.41) is 2.76. The smallest absolute Gasteiger partial charge is 0.226 e. The maximum Gasteiger partial charge on any atom is 0.226 e. The molecule has 0 saturated heterocycles. The Morgan fingerprint density at radius 1 is 1.35 bits per heavy atom. The lowest BCUT2D eigenvalue weighted by atomic mass is 10.1. The first-order chi connectivity index (χ1) is 9.52.